The summed E-state index contributed by atoms with van der Waals surface area (Å²) in [7, 11) is 0. The van der Waals surface area contributed by atoms with Gasteiger partial charge in [0.1, 0.15) is 0 Å². The van der Waals surface area contributed by atoms with Gasteiger partial charge in [0.2, 0.25) is 0 Å². The maximum atomic E-state index is 12.2. The summed E-state index contributed by atoms with van der Waals surface area (Å²) >= 11 is 1.52. The Morgan fingerprint density at radius 1 is 0.846 bits per heavy atom. The highest BCUT2D eigenvalue weighted by molar-refractivity contribution is 7.99. The number of amides is 2. The van der Waals surface area contributed by atoms with E-state index < -0.39 is 11.8 Å². The Hall–Kier alpha value is -3.12. The molecule has 6 heteroatoms. The SMILES string of the molecule is O=C(NCc1ccncc1)C(=O)Nc1ccccc1Sc1ccccc1. The smallest absolute Gasteiger partial charge is 0.313 e. The molecular formula is C20H17N3O2S. The van der Waals surface area contributed by atoms with E-state index in [1.54, 1.807) is 30.6 Å². The third kappa shape index (κ3) is 4.94. The first-order valence-electron chi connectivity index (χ1n) is 8.02. The first-order valence-corrected chi connectivity index (χ1v) is 8.84. The van der Waals surface area contributed by atoms with Crippen molar-refractivity contribution in [2.45, 2.75) is 16.3 Å². The summed E-state index contributed by atoms with van der Waals surface area (Å²) in [5, 5.41) is 5.29. The molecule has 3 rings (SSSR count). The lowest BCUT2D eigenvalue weighted by Crippen LogP contribution is -2.35. The number of rotatable bonds is 5. The second-order valence-corrected chi connectivity index (χ2v) is 6.52. The van der Waals surface area contributed by atoms with Gasteiger partial charge in [0.25, 0.3) is 0 Å². The van der Waals surface area contributed by atoms with Crippen LogP contribution in [0.2, 0.25) is 0 Å². The van der Waals surface area contributed by atoms with Gasteiger partial charge in [-0.3, -0.25) is 14.6 Å². The van der Waals surface area contributed by atoms with Crippen molar-refractivity contribution in [3.63, 3.8) is 0 Å². The van der Waals surface area contributed by atoms with Crippen molar-refractivity contribution in [2.24, 2.45) is 0 Å². The molecule has 0 aliphatic rings. The number of carbonyl (C=O) groups is 2. The first-order chi connectivity index (χ1) is 12.7. The zero-order valence-corrected chi connectivity index (χ0v) is 14.7. The van der Waals surface area contributed by atoms with Crippen LogP contribution in [0.1, 0.15) is 5.56 Å². The largest absolute Gasteiger partial charge is 0.344 e. The molecule has 0 spiro atoms. The van der Waals surface area contributed by atoms with Gasteiger partial charge < -0.3 is 10.6 Å². The molecule has 0 unspecified atom stereocenters. The van der Waals surface area contributed by atoms with Gasteiger partial charge >= 0.3 is 11.8 Å². The Morgan fingerprint density at radius 2 is 1.54 bits per heavy atom. The van der Waals surface area contributed by atoms with Crippen molar-refractivity contribution in [1.82, 2.24) is 10.3 Å². The van der Waals surface area contributed by atoms with E-state index in [1.165, 1.54) is 11.8 Å². The van der Waals surface area contributed by atoms with Gasteiger partial charge in [-0.2, -0.15) is 0 Å². The molecule has 1 aromatic heterocycles. The highest BCUT2D eigenvalue weighted by atomic mass is 32.2. The van der Waals surface area contributed by atoms with E-state index in [-0.39, 0.29) is 6.54 Å². The lowest BCUT2D eigenvalue weighted by atomic mass is 10.2. The van der Waals surface area contributed by atoms with Gasteiger partial charge in [-0.05, 0) is 42.0 Å². The van der Waals surface area contributed by atoms with Crippen LogP contribution in [-0.2, 0) is 16.1 Å². The van der Waals surface area contributed by atoms with Crippen LogP contribution in [0, 0.1) is 0 Å². The molecule has 2 aromatic carbocycles. The maximum Gasteiger partial charge on any atom is 0.313 e. The molecule has 1 heterocycles. The van der Waals surface area contributed by atoms with Gasteiger partial charge in [0.05, 0.1) is 5.69 Å². The number of anilines is 1. The number of nitrogens with one attached hydrogen (secondary N) is 2. The third-order valence-corrected chi connectivity index (χ3v) is 4.60. The summed E-state index contributed by atoms with van der Waals surface area (Å²) < 4.78 is 0. The van der Waals surface area contributed by atoms with E-state index in [1.807, 2.05) is 48.5 Å². The summed E-state index contributed by atoms with van der Waals surface area (Å²) in [5.74, 6) is -1.37. The predicted octanol–water partition coefficient (Wildman–Crippen LogP) is 3.49. The van der Waals surface area contributed by atoms with Crippen molar-refractivity contribution in [2.75, 3.05) is 5.32 Å². The number of aromatic nitrogens is 1. The molecular weight excluding hydrogens is 346 g/mol. The average Bonchev–Trinajstić information content (AvgIpc) is 2.69. The Kier molecular flexibility index (Phi) is 6.01. The second kappa shape index (κ2) is 8.82. The number of benzene rings is 2. The summed E-state index contributed by atoms with van der Waals surface area (Å²) in [5.41, 5.74) is 1.48. The Labute approximate surface area is 155 Å². The fraction of sp³-hybridized carbons (Fsp3) is 0.0500. The standard InChI is InChI=1S/C20H17N3O2S/c24-19(22-14-15-10-12-21-13-11-15)20(25)23-17-8-4-5-9-18(17)26-16-6-2-1-3-7-16/h1-13H,14H2,(H,22,24)(H,23,25). The van der Waals surface area contributed by atoms with E-state index in [4.69, 9.17) is 0 Å². The summed E-state index contributed by atoms with van der Waals surface area (Å²) in [6.07, 6.45) is 3.28. The monoisotopic (exact) mass is 363 g/mol. The molecule has 130 valence electrons. The van der Waals surface area contributed by atoms with E-state index in [0.717, 1.165) is 15.4 Å². The zero-order chi connectivity index (χ0) is 18.2. The lowest BCUT2D eigenvalue weighted by Gasteiger charge is -2.11. The molecule has 0 fully saturated rings. The van der Waals surface area contributed by atoms with Crippen molar-refractivity contribution in [1.29, 1.82) is 0 Å². The molecule has 0 saturated carbocycles. The number of nitrogens with zero attached hydrogens (tertiary/aromatic N) is 1. The normalized spacial score (nSPS) is 10.2. The van der Waals surface area contributed by atoms with Gasteiger partial charge in [-0.1, -0.05) is 42.1 Å². The van der Waals surface area contributed by atoms with E-state index >= 15 is 0 Å². The molecule has 0 radical (unpaired) electrons. The number of pyridine rings is 1. The molecule has 2 N–H and O–H groups in total. The molecule has 2 amide bonds. The number of carbonyl (C=O) groups excluding carboxylic acids is 2. The molecule has 5 nitrogen and oxygen atoms in total. The third-order valence-electron chi connectivity index (χ3n) is 3.51. The van der Waals surface area contributed by atoms with Crippen LogP contribution in [0.15, 0.2) is 88.9 Å². The van der Waals surface area contributed by atoms with Crippen molar-refractivity contribution in [3.05, 3.63) is 84.7 Å². The van der Waals surface area contributed by atoms with E-state index in [0.29, 0.717) is 5.69 Å². The van der Waals surface area contributed by atoms with Crippen LogP contribution in [0.25, 0.3) is 0 Å². The van der Waals surface area contributed by atoms with Crippen LogP contribution in [-0.4, -0.2) is 16.8 Å². The van der Waals surface area contributed by atoms with Crippen LogP contribution in [0.4, 0.5) is 5.69 Å². The fourth-order valence-electron chi connectivity index (χ4n) is 2.22. The second-order valence-electron chi connectivity index (χ2n) is 5.40. The van der Waals surface area contributed by atoms with Gasteiger partial charge in [0, 0.05) is 28.7 Å². The summed E-state index contributed by atoms with van der Waals surface area (Å²) in [6, 6.07) is 20.8. The average molecular weight is 363 g/mol. The summed E-state index contributed by atoms with van der Waals surface area (Å²) in [4.78, 5) is 30.1. The number of hydrogen-bond acceptors (Lipinski definition) is 4. The molecule has 0 bridgehead atoms. The highest BCUT2D eigenvalue weighted by Gasteiger charge is 2.15. The van der Waals surface area contributed by atoms with Crippen LogP contribution < -0.4 is 10.6 Å². The van der Waals surface area contributed by atoms with Crippen molar-refractivity contribution < 1.29 is 9.59 Å². The number of para-hydroxylation sites is 1. The highest BCUT2D eigenvalue weighted by Crippen LogP contribution is 2.33. The van der Waals surface area contributed by atoms with Gasteiger partial charge in [-0.15, -0.1) is 0 Å². The topological polar surface area (TPSA) is 71.1 Å². The molecule has 0 aliphatic carbocycles. The summed E-state index contributed by atoms with van der Waals surface area (Å²) in [6.45, 7) is 0.273. The van der Waals surface area contributed by atoms with Crippen molar-refractivity contribution in [3.8, 4) is 0 Å². The minimum Gasteiger partial charge on any atom is -0.344 e. The Balaban J connectivity index is 1.63. The van der Waals surface area contributed by atoms with E-state index in [2.05, 4.69) is 15.6 Å². The predicted molar refractivity (Wildman–Crippen MR) is 102 cm³/mol. The number of hydrogen-bond donors (Lipinski definition) is 2. The van der Waals surface area contributed by atoms with Gasteiger partial charge in [-0.25, -0.2) is 0 Å². The molecule has 0 aliphatic heterocycles. The first kappa shape index (κ1) is 17.7. The maximum absolute atomic E-state index is 12.2. The quantitative estimate of drug-likeness (QED) is 0.681. The molecule has 3 aromatic rings. The van der Waals surface area contributed by atoms with Gasteiger partial charge in [0.15, 0.2) is 0 Å². The molecule has 26 heavy (non-hydrogen) atoms. The molecule has 0 atom stereocenters. The van der Waals surface area contributed by atoms with Crippen LogP contribution >= 0.6 is 11.8 Å². The van der Waals surface area contributed by atoms with E-state index in [9.17, 15) is 9.59 Å². The minimum absolute atomic E-state index is 0.273. The molecule has 0 saturated heterocycles. The van der Waals surface area contributed by atoms with Crippen molar-refractivity contribution >= 4 is 29.3 Å². The van der Waals surface area contributed by atoms with Crippen LogP contribution in [0.5, 0.6) is 0 Å². The fourth-order valence-corrected chi connectivity index (χ4v) is 3.14. The zero-order valence-electron chi connectivity index (χ0n) is 13.9. The van der Waals surface area contributed by atoms with Crippen LogP contribution in [0.3, 0.4) is 0 Å². The lowest BCUT2D eigenvalue weighted by molar-refractivity contribution is -0.136. The Morgan fingerprint density at radius 3 is 2.31 bits per heavy atom. The minimum atomic E-state index is -0.694. The Bertz CT molecular complexity index is 886.